The van der Waals surface area contributed by atoms with Crippen molar-refractivity contribution in [2.45, 2.75) is 0 Å². The quantitative estimate of drug-likeness (QED) is 0.666. The largest absolute Gasteiger partial charge is 0.455 e. The lowest BCUT2D eigenvalue weighted by Crippen LogP contribution is -1.84. The number of benzene rings is 1. The molecule has 0 aliphatic carbocycles. The number of carbonyl (C=O) groups excluding carboxylic acids is 1. The van der Waals surface area contributed by atoms with E-state index in [-0.39, 0.29) is 0 Å². The molecule has 0 spiro atoms. The number of ether oxygens (including phenoxy) is 1. The molecular formula is C14H9NO2S. The van der Waals surface area contributed by atoms with Crippen molar-refractivity contribution in [1.82, 2.24) is 4.98 Å². The first kappa shape index (κ1) is 10.9. The first-order chi connectivity index (χ1) is 8.85. The van der Waals surface area contributed by atoms with Gasteiger partial charge in [0.25, 0.3) is 0 Å². The van der Waals surface area contributed by atoms with Crippen LogP contribution < -0.4 is 4.74 Å². The highest BCUT2D eigenvalue weighted by Gasteiger charge is 2.03. The van der Waals surface area contributed by atoms with E-state index in [0.717, 1.165) is 17.2 Å². The van der Waals surface area contributed by atoms with Crippen LogP contribution in [0.2, 0.25) is 0 Å². The molecule has 2 aromatic heterocycles. The molecule has 0 N–H and O–H groups in total. The minimum Gasteiger partial charge on any atom is -0.455 e. The average molecular weight is 255 g/mol. The van der Waals surface area contributed by atoms with E-state index < -0.39 is 0 Å². The van der Waals surface area contributed by atoms with Crippen molar-refractivity contribution in [2.24, 2.45) is 0 Å². The van der Waals surface area contributed by atoms with Gasteiger partial charge in [-0.3, -0.25) is 9.78 Å². The summed E-state index contributed by atoms with van der Waals surface area (Å²) in [4.78, 5) is 15.6. The molecule has 18 heavy (non-hydrogen) atoms. The molecule has 3 aromatic rings. The number of hydrogen-bond acceptors (Lipinski definition) is 4. The number of aldehydes is 1. The third-order valence-corrected chi connectivity index (χ3v) is 3.35. The van der Waals surface area contributed by atoms with Crippen molar-refractivity contribution in [3.63, 3.8) is 0 Å². The van der Waals surface area contributed by atoms with E-state index in [1.54, 1.807) is 17.6 Å². The molecule has 1 aromatic carbocycles. The number of aromatic nitrogens is 1. The second kappa shape index (κ2) is 4.58. The Morgan fingerprint density at radius 2 is 2.06 bits per heavy atom. The number of pyridine rings is 1. The van der Waals surface area contributed by atoms with Gasteiger partial charge in [-0.25, -0.2) is 0 Å². The molecule has 0 bridgehead atoms. The normalized spacial score (nSPS) is 10.4. The number of rotatable bonds is 3. The van der Waals surface area contributed by atoms with Crippen LogP contribution in [0.1, 0.15) is 9.67 Å². The van der Waals surface area contributed by atoms with Gasteiger partial charge in [0.1, 0.15) is 11.5 Å². The molecule has 0 saturated carbocycles. The smallest absolute Gasteiger partial charge is 0.160 e. The van der Waals surface area contributed by atoms with E-state index in [0.29, 0.717) is 16.4 Å². The zero-order valence-electron chi connectivity index (χ0n) is 9.37. The average Bonchev–Trinajstić information content (AvgIpc) is 2.86. The molecule has 0 aliphatic heterocycles. The fraction of sp³-hybridized carbons (Fsp3) is 0. The lowest BCUT2D eigenvalue weighted by atomic mass is 10.2. The van der Waals surface area contributed by atoms with Gasteiger partial charge in [-0.05, 0) is 12.1 Å². The molecule has 2 heterocycles. The van der Waals surface area contributed by atoms with Gasteiger partial charge in [0.05, 0.1) is 16.6 Å². The van der Waals surface area contributed by atoms with E-state index in [4.69, 9.17) is 4.74 Å². The first-order valence-corrected chi connectivity index (χ1v) is 6.29. The van der Waals surface area contributed by atoms with Crippen LogP contribution in [0, 0.1) is 0 Å². The van der Waals surface area contributed by atoms with Crippen molar-refractivity contribution < 1.29 is 9.53 Å². The van der Waals surface area contributed by atoms with Gasteiger partial charge >= 0.3 is 0 Å². The lowest BCUT2D eigenvalue weighted by molar-refractivity contribution is 0.112. The van der Waals surface area contributed by atoms with Crippen molar-refractivity contribution in [1.29, 1.82) is 0 Å². The topological polar surface area (TPSA) is 39.2 Å². The number of nitrogens with zero attached hydrogens (tertiary/aromatic N) is 1. The fourth-order valence-electron chi connectivity index (χ4n) is 1.69. The molecule has 88 valence electrons. The van der Waals surface area contributed by atoms with Crippen LogP contribution in [-0.4, -0.2) is 11.3 Å². The van der Waals surface area contributed by atoms with Crippen molar-refractivity contribution >= 4 is 28.5 Å². The summed E-state index contributed by atoms with van der Waals surface area (Å²) >= 11 is 1.36. The summed E-state index contributed by atoms with van der Waals surface area (Å²) < 4.78 is 5.66. The highest BCUT2D eigenvalue weighted by atomic mass is 32.1. The van der Waals surface area contributed by atoms with Crippen molar-refractivity contribution in [3.05, 3.63) is 52.9 Å². The number of thiophene rings is 1. The minimum atomic E-state index is 0.652. The fourth-order valence-corrected chi connectivity index (χ4v) is 2.30. The maximum atomic E-state index is 10.6. The Morgan fingerprint density at radius 1 is 1.17 bits per heavy atom. The first-order valence-electron chi connectivity index (χ1n) is 5.41. The van der Waals surface area contributed by atoms with E-state index in [1.165, 1.54) is 11.3 Å². The third-order valence-electron chi connectivity index (χ3n) is 2.51. The molecule has 0 saturated heterocycles. The molecule has 0 unspecified atom stereocenters. The minimum absolute atomic E-state index is 0.652. The SMILES string of the molecule is O=Cc1cc(Oc2cnc3ccccc3c2)cs1. The second-order valence-electron chi connectivity index (χ2n) is 3.77. The zero-order valence-corrected chi connectivity index (χ0v) is 10.2. The maximum Gasteiger partial charge on any atom is 0.160 e. The van der Waals surface area contributed by atoms with E-state index in [9.17, 15) is 4.79 Å². The summed E-state index contributed by atoms with van der Waals surface area (Å²) in [5.41, 5.74) is 0.934. The van der Waals surface area contributed by atoms with Gasteiger partial charge in [-0.2, -0.15) is 0 Å². The number of para-hydroxylation sites is 1. The molecule has 0 radical (unpaired) electrons. The Morgan fingerprint density at radius 3 is 2.89 bits per heavy atom. The number of fused-ring (bicyclic) bond motifs is 1. The van der Waals surface area contributed by atoms with Gasteiger partial charge in [0, 0.05) is 16.8 Å². The third kappa shape index (κ3) is 2.10. The van der Waals surface area contributed by atoms with Crippen molar-refractivity contribution in [2.75, 3.05) is 0 Å². The van der Waals surface area contributed by atoms with Crippen LogP contribution >= 0.6 is 11.3 Å². The predicted octanol–water partition coefficient (Wildman–Crippen LogP) is 3.90. The van der Waals surface area contributed by atoms with Crippen LogP contribution in [-0.2, 0) is 0 Å². The summed E-state index contributed by atoms with van der Waals surface area (Å²) in [6, 6.07) is 11.5. The lowest BCUT2D eigenvalue weighted by Gasteiger charge is -2.03. The summed E-state index contributed by atoms with van der Waals surface area (Å²) in [6.45, 7) is 0. The summed E-state index contributed by atoms with van der Waals surface area (Å²) in [6.07, 6.45) is 2.50. The van der Waals surface area contributed by atoms with Crippen LogP contribution in [0.4, 0.5) is 0 Å². The van der Waals surface area contributed by atoms with Crippen LogP contribution in [0.5, 0.6) is 11.5 Å². The standard InChI is InChI=1S/C14H9NO2S/c16-8-13-6-12(9-18-13)17-11-5-10-3-1-2-4-14(10)15-7-11/h1-9H. The van der Waals surface area contributed by atoms with Gasteiger partial charge in [-0.1, -0.05) is 18.2 Å². The van der Waals surface area contributed by atoms with E-state index >= 15 is 0 Å². The molecule has 3 nitrogen and oxygen atoms in total. The molecule has 0 amide bonds. The number of hydrogen-bond donors (Lipinski definition) is 0. The molecule has 3 rings (SSSR count). The monoisotopic (exact) mass is 255 g/mol. The van der Waals surface area contributed by atoms with Crippen molar-refractivity contribution in [3.8, 4) is 11.5 Å². The Labute approximate surface area is 108 Å². The highest BCUT2D eigenvalue weighted by molar-refractivity contribution is 7.11. The molecule has 0 fully saturated rings. The summed E-state index contributed by atoms with van der Waals surface area (Å²) in [5.74, 6) is 1.34. The molecule has 0 aliphatic rings. The van der Waals surface area contributed by atoms with Gasteiger partial charge in [0.2, 0.25) is 0 Å². The molecular weight excluding hydrogens is 246 g/mol. The van der Waals surface area contributed by atoms with Gasteiger partial charge in [0.15, 0.2) is 6.29 Å². The Bertz CT molecular complexity index is 706. The van der Waals surface area contributed by atoms with Gasteiger partial charge < -0.3 is 4.74 Å². The van der Waals surface area contributed by atoms with Crippen LogP contribution in [0.15, 0.2) is 48.0 Å². The van der Waals surface area contributed by atoms with E-state index in [2.05, 4.69) is 4.98 Å². The Hall–Kier alpha value is -2.20. The second-order valence-corrected chi connectivity index (χ2v) is 4.71. The predicted molar refractivity (Wildman–Crippen MR) is 71.5 cm³/mol. The van der Waals surface area contributed by atoms with Gasteiger partial charge in [-0.15, -0.1) is 11.3 Å². The Balaban J connectivity index is 1.92. The Kier molecular flexibility index (Phi) is 2.78. The molecule has 4 heteroatoms. The number of carbonyl (C=O) groups is 1. The van der Waals surface area contributed by atoms with E-state index in [1.807, 2.05) is 30.3 Å². The highest BCUT2D eigenvalue weighted by Crippen LogP contribution is 2.27. The molecule has 0 atom stereocenters. The summed E-state index contributed by atoms with van der Waals surface area (Å²) in [5, 5.41) is 2.83. The maximum absolute atomic E-state index is 10.6. The van der Waals surface area contributed by atoms with Crippen LogP contribution in [0.25, 0.3) is 10.9 Å². The van der Waals surface area contributed by atoms with Crippen LogP contribution in [0.3, 0.4) is 0 Å². The zero-order chi connectivity index (χ0) is 12.4. The summed E-state index contributed by atoms with van der Waals surface area (Å²) in [7, 11) is 0.